The van der Waals surface area contributed by atoms with Crippen LogP contribution in [0.1, 0.15) is 26.7 Å². The molecule has 140 valence electrons. The van der Waals surface area contributed by atoms with Gasteiger partial charge in [-0.3, -0.25) is 4.79 Å². The van der Waals surface area contributed by atoms with E-state index in [1.165, 1.54) is 0 Å². The van der Waals surface area contributed by atoms with Crippen molar-refractivity contribution >= 4 is 24.3 Å². The molecule has 8 heteroatoms. The second-order valence-electron chi connectivity index (χ2n) is 6.24. The van der Waals surface area contributed by atoms with Crippen molar-refractivity contribution in [3.05, 3.63) is 0 Å². The SMILES string of the molecule is CCN(CC)C(=O)N1CCN(C(=O)C(N)C2CCOCC2)CC1.Cl. The topological polar surface area (TPSA) is 79.1 Å². The van der Waals surface area contributed by atoms with Crippen LogP contribution in [0.15, 0.2) is 0 Å². The van der Waals surface area contributed by atoms with Crippen molar-refractivity contribution in [2.45, 2.75) is 32.7 Å². The fraction of sp³-hybridized carbons (Fsp3) is 0.875. The molecule has 0 aromatic rings. The molecule has 1 atom stereocenters. The Morgan fingerprint density at radius 1 is 1.08 bits per heavy atom. The molecule has 2 rings (SSSR count). The van der Waals surface area contributed by atoms with E-state index in [0.717, 1.165) is 12.8 Å². The highest BCUT2D eigenvalue weighted by Gasteiger charge is 2.32. The molecule has 2 saturated heterocycles. The predicted octanol–water partition coefficient (Wildman–Crippen LogP) is 0.768. The van der Waals surface area contributed by atoms with Crippen LogP contribution in [-0.2, 0) is 9.53 Å². The lowest BCUT2D eigenvalue weighted by Crippen LogP contribution is -2.57. The van der Waals surface area contributed by atoms with Crippen LogP contribution in [0.3, 0.4) is 0 Å². The molecule has 2 aliphatic rings. The van der Waals surface area contributed by atoms with Gasteiger partial charge in [-0.1, -0.05) is 0 Å². The largest absolute Gasteiger partial charge is 0.381 e. The monoisotopic (exact) mass is 362 g/mol. The second kappa shape index (κ2) is 10.1. The lowest BCUT2D eigenvalue weighted by Gasteiger charge is -2.39. The third-order valence-corrected chi connectivity index (χ3v) is 4.95. The fourth-order valence-electron chi connectivity index (χ4n) is 3.30. The summed E-state index contributed by atoms with van der Waals surface area (Å²) in [5.74, 6) is 0.235. The fourth-order valence-corrected chi connectivity index (χ4v) is 3.30. The molecule has 0 aliphatic carbocycles. The van der Waals surface area contributed by atoms with Crippen molar-refractivity contribution in [1.82, 2.24) is 14.7 Å². The van der Waals surface area contributed by atoms with Gasteiger partial charge in [-0.25, -0.2) is 4.79 Å². The Morgan fingerprint density at radius 2 is 1.58 bits per heavy atom. The van der Waals surface area contributed by atoms with Crippen molar-refractivity contribution in [2.24, 2.45) is 11.7 Å². The van der Waals surface area contributed by atoms with Crippen molar-refractivity contribution in [1.29, 1.82) is 0 Å². The molecule has 0 saturated carbocycles. The lowest BCUT2D eigenvalue weighted by atomic mass is 9.91. The van der Waals surface area contributed by atoms with Crippen molar-refractivity contribution in [3.8, 4) is 0 Å². The average Bonchev–Trinajstić information content (AvgIpc) is 2.62. The summed E-state index contributed by atoms with van der Waals surface area (Å²) in [5.41, 5.74) is 6.17. The number of piperazine rings is 1. The number of hydrogen-bond acceptors (Lipinski definition) is 4. The van der Waals surface area contributed by atoms with Crippen LogP contribution in [-0.4, -0.2) is 85.2 Å². The average molecular weight is 363 g/mol. The van der Waals surface area contributed by atoms with Crippen LogP contribution in [0.4, 0.5) is 4.79 Å². The van der Waals surface area contributed by atoms with Crippen LogP contribution in [0.2, 0.25) is 0 Å². The van der Waals surface area contributed by atoms with Crippen LogP contribution in [0, 0.1) is 5.92 Å². The number of carbonyl (C=O) groups excluding carboxylic acids is 2. The maximum Gasteiger partial charge on any atom is 0.320 e. The highest BCUT2D eigenvalue weighted by Crippen LogP contribution is 2.19. The summed E-state index contributed by atoms with van der Waals surface area (Å²) in [4.78, 5) is 30.3. The van der Waals surface area contributed by atoms with Crippen molar-refractivity contribution in [2.75, 3.05) is 52.5 Å². The molecule has 0 aromatic carbocycles. The number of hydrogen-bond donors (Lipinski definition) is 1. The summed E-state index contributed by atoms with van der Waals surface area (Å²) in [5, 5.41) is 0. The van der Waals surface area contributed by atoms with Crippen LogP contribution < -0.4 is 5.73 Å². The van der Waals surface area contributed by atoms with Gasteiger partial charge < -0.3 is 25.2 Å². The van der Waals surface area contributed by atoms with E-state index in [1.54, 1.807) is 0 Å². The van der Waals surface area contributed by atoms with E-state index in [4.69, 9.17) is 10.5 Å². The number of rotatable bonds is 4. The molecule has 2 aliphatic heterocycles. The number of nitrogens with zero attached hydrogens (tertiary/aromatic N) is 3. The zero-order valence-corrected chi connectivity index (χ0v) is 15.6. The normalized spacial score (nSPS) is 20.3. The van der Waals surface area contributed by atoms with E-state index in [-0.39, 0.29) is 30.3 Å². The number of amides is 3. The number of nitrogens with two attached hydrogens (primary N) is 1. The molecule has 7 nitrogen and oxygen atoms in total. The summed E-state index contributed by atoms with van der Waals surface area (Å²) in [6.45, 7) is 9.08. The molecule has 2 N–H and O–H groups in total. The standard InChI is InChI=1S/C16H30N4O3.ClH/c1-3-18(4-2)16(22)20-9-7-19(8-10-20)15(21)14(17)13-5-11-23-12-6-13;/h13-14H,3-12,17H2,1-2H3;1H. The van der Waals surface area contributed by atoms with Crippen LogP contribution in [0.25, 0.3) is 0 Å². The Morgan fingerprint density at radius 3 is 2.08 bits per heavy atom. The second-order valence-corrected chi connectivity index (χ2v) is 6.24. The molecule has 3 amide bonds. The summed E-state index contributed by atoms with van der Waals surface area (Å²) >= 11 is 0. The van der Waals surface area contributed by atoms with E-state index in [1.807, 2.05) is 28.5 Å². The zero-order valence-electron chi connectivity index (χ0n) is 14.8. The summed E-state index contributed by atoms with van der Waals surface area (Å²) in [6.07, 6.45) is 1.71. The van der Waals surface area contributed by atoms with Crippen LogP contribution in [0.5, 0.6) is 0 Å². The molecule has 24 heavy (non-hydrogen) atoms. The van der Waals surface area contributed by atoms with E-state index in [9.17, 15) is 9.59 Å². The van der Waals surface area contributed by atoms with Gasteiger partial charge in [0, 0.05) is 52.5 Å². The zero-order chi connectivity index (χ0) is 16.8. The van der Waals surface area contributed by atoms with Crippen molar-refractivity contribution < 1.29 is 14.3 Å². The van der Waals surface area contributed by atoms with Gasteiger partial charge >= 0.3 is 6.03 Å². The highest BCUT2D eigenvalue weighted by atomic mass is 35.5. The quantitative estimate of drug-likeness (QED) is 0.801. The van der Waals surface area contributed by atoms with Crippen LogP contribution >= 0.6 is 12.4 Å². The van der Waals surface area contributed by atoms with E-state index in [2.05, 4.69) is 0 Å². The Hall–Kier alpha value is -1.05. The first-order chi connectivity index (χ1) is 11.1. The molecule has 0 radical (unpaired) electrons. The van der Waals surface area contributed by atoms with Gasteiger partial charge in [-0.2, -0.15) is 0 Å². The van der Waals surface area contributed by atoms with Gasteiger partial charge in [0.25, 0.3) is 0 Å². The summed E-state index contributed by atoms with van der Waals surface area (Å²) in [7, 11) is 0. The Bertz CT molecular complexity index is 406. The van der Waals surface area contributed by atoms with Crippen molar-refractivity contribution in [3.63, 3.8) is 0 Å². The molecular formula is C16H31ClN4O3. The summed E-state index contributed by atoms with van der Waals surface area (Å²) < 4.78 is 5.33. The molecule has 0 spiro atoms. The summed E-state index contributed by atoms with van der Waals surface area (Å²) in [6, 6.07) is -0.375. The molecular weight excluding hydrogens is 332 g/mol. The minimum absolute atomic E-state index is 0. The third-order valence-electron chi connectivity index (χ3n) is 4.95. The van der Waals surface area contributed by atoms with E-state index in [0.29, 0.717) is 52.5 Å². The molecule has 2 fully saturated rings. The number of urea groups is 1. The maximum atomic E-state index is 12.6. The van der Waals surface area contributed by atoms with Gasteiger partial charge in [0.1, 0.15) is 0 Å². The van der Waals surface area contributed by atoms with Gasteiger partial charge in [0.05, 0.1) is 6.04 Å². The first-order valence-corrected chi connectivity index (χ1v) is 8.74. The molecule has 0 aromatic heterocycles. The number of halogens is 1. The van der Waals surface area contributed by atoms with E-state index >= 15 is 0 Å². The smallest absolute Gasteiger partial charge is 0.320 e. The lowest BCUT2D eigenvalue weighted by molar-refractivity contribution is -0.136. The molecule has 2 heterocycles. The first-order valence-electron chi connectivity index (χ1n) is 8.74. The third kappa shape index (κ3) is 4.97. The maximum absolute atomic E-state index is 12.6. The highest BCUT2D eigenvalue weighted by molar-refractivity contribution is 5.85. The predicted molar refractivity (Wildman–Crippen MR) is 95.2 cm³/mol. The Balaban J connectivity index is 0.00000288. The molecule has 1 unspecified atom stereocenters. The van der Waals surface area contributed by atoms with Gasteiger partial charge in [-0.15, -0.1) is 12.4 Å². The minimum atomic E-state index is -0.441. The Kier molecular flexibility index (Phi) is 8.80. The molecule has 0 bridgehead atoms. The number of ether oxygens (including phenoxy) is 1. The Labute approximate surface area is 150 Å². The van der Waals surface area contributed by atoms with E-state index < -0.39 is 6.04 Å². The minimum Gasteiger partial charge on any atom is -0.381 e. The van der Waals surface area contributed by atoms with Gasteiger partial charge in [-0.05, 0) is 32.6 Å². The van der Waals surface area contributed by atoms with Gasteiger partial charge in [0.2, 0.25) is 5.91 Å². The number of carbonyl (C=O) groups is 2. The van der Waals surface area contributed by atoms with Gasteiger partial charge in [0.15, 0.2) is 0 Å². The first kappa shape index (κ1) is 21.0.